The number of aromatic amines is 2. The molecule has 5 heteroatoms. The molecule has 0 radical (unpaired) electrons. The number of H-pyrrole nitrogens is 2. The van der Waals surface area contributed by atoms with E-state index < -0.39 is 0 Å². The molecule has 15 heavy (non-hydrogen) atoms. The predicted octanol–water partition coefficient (Wildman–Crippen LogP) is 1.54. The second kappa shape index (κ2) is 2.84. The van der Waals surface area contributed by atoms with Crippen LogP contribution in [0.1, 0.15) is 0 Å². The largest absolute Gasteiger partial charge is 0.369 e. The van der Waals surface area contributed by atoms with Crippen LogP contribution in [0.5, 0.6) is 0 Å². The maximum absolute atomic E-state index is 5.62. The van der Waals surface area contributed by atoms with Crippen molar-refractivity contribution in [2.24, 2.45) is 0 Å². The molecule has 4 N–H and O–H groups in total. The number of nitrogens with one attached hydrogen (secondary N) is 2. The highest BCUT2D eigenvalue weighted by atomic mass is 15.1. The van der Waals surface area contributed by atoms with E-state index in [-0.39, 0.29) is 0 Å². The summed E-state index contributed by atoms with van der Waals surface area (Å²) in [4.78, 5) is 7.20. The van der Waals surface area contributed by atoms with Crippen molar-refractivity contribution >= 4 is 17.0 Å². The molecule has 2 aromatic heterocycles. The molecule has 0 aliphatic heterocycles. The van der Waals surface area contributed by atoms with Crippen molar-refractivity contribution in [2.75, 3.05) is 5.73 Å². The van der Waals surface area contributed by atoms with Crippen LogP contribution >= 0.6 is 0 Å². The summed E-state index contributed by atoms with van der Waals surface area (Å²) in [5, 5.41) is 6.92. The van der Waals surface area contributed by atoms with Gasteiger partial charge in [0.15, 0.2) is 5.95 Å². The Labute approximate surface area is 85.3 Å². The van der Waals surface area contributed by atoms with Gasteiger partial charge < -0.3 is 10.7 Å². The van der Waals surface area contributed by atoms with Gasteiger partial charge in [0.05, 0.1) is 16.7 Å². The highest BCUT2D eigenvalue weighted by molar-refractivity contribution is 5.91. The van der Waals surface area contributed by atoms with Crippen LogP contribution in [-0.2, 0) is 0 Å². The minimum atomic E-state index is 0.424. The number of hydrogen-bond acceptors (Lipinski definition) is 3. The highest BCUT2D eigenvalue weighted by Crippen LogP contribution is 2.25. The zero-order valence-corrected chi connectivity index (χ0v) is 7.86. The fourth-order valence-electron chi connectivity index (χ4n) is 1.67. The van der Waals surface area contributed by atoms with Gasteiger partial charge in [0.25, 0.3) is 0 Å². The number of hydrogen-bond donors (Lipinski definition) is 3. The molecular formula is C10H9N5. The fraction of sp³-hybridized carbons (Fsp3) is 0. The second-order valence-corrected chi connectivity index (χ2v) is 3.28. The first-order valence-corrected chi connectivity index (χ1v) is 4.59. The van der Waals surface area contributed by atoms with Gasteiger partial charge in [-0.2, -0.15) is 5.10 Å². The maximum Gasteiger partial charge on any atom is 0.198 e. The number of fused-ring (bicyclic) bond motifs is 1. The van der Waals surface area contributed by atoms with Gasteiger partial charge in [-0.3, -0.25) is 5.10 Å². The van der Waals surface area contributed by atoms with Crippen LogP contribution in [-0.4, -0.2) is 20.2 Å². The quantitative estimate of drug-likeness (QED) is 0.555. The fourth-order valence-corrected chi connectivity index (χ4v) is 1.67. The second-order valence-electron chi connectivity index (χ2n) is 3.28. The minimum absolute atomic E-state index is 0.424. The van der Waals surface area contributed by atoms with E-state index in [0.717, 1.165) is 22.3 Å². The van der Waals surface area contributed by atoms with Crippen LogP contribution < -0.4 is 5.73 Å². The molecule has 0 atom stereocenters. The van der Waals surface area contributed by atoms with Crippen LogP contribution in [0.4, 0.5) is 5.95 Å². The third-order valence-corrected chi connectivity index (χ3v) is 2.31. The van der Waals surface area contributed by atoms with Crippen molar-refractivity contribution in [1.82, 2.24) is 20.2 Å². The lowest BCUT2D eigenvalue weighted by Gasteiger charge is -1.96. The van der Waals surface area contributed by atoms with Gasteiger partial charge in [0.2, 0.25) is 0 Å². The summed E-state index contributed by atoms with van der Waals surface area (Å²) >= 11 is 0. The molecule has 0 spiro atoms. The van der Waals surface area contributed by atoms with Crippen LogP contribution in [0.3, 0.4) is 0 Å². The van der Waals surface area contributed by atoms with Crippen molar-refractivity contribution in [2.45, 2.75) is 0 Å². The molecule has 3 aromatic rings. The summed E-state index contributed by atoms with van der Waals surface area (Å²) in [6.07, 6.45) is 1.79. The molecule has 0 bridgehead atoms. The van der Waals surface area contributed by atoms with E-state index in [2.05, 4.69) is 20.2 Å². The van der Waals surface area contributed by atoms with Gasteiger partial charge in [0, 0.05) is 11.8 Å². The third-order valence-electron chi connectivity index (χ3n) is 2.31. The van der Waals surface area contributed by atoms with E-state index >= 15 is 0 Å². The monoisotopic (exact) mass is 199 g/mol. The number of nitrogens with two attached hydrogens (primary N) is 1. The van der Waals surface area contributed by atoms with Gasteiger partial charge in [-0.25, -0.2) is 4.98 Å². The van der Waals surface area contributed by atoms with E-state index in [1.165, 1.54) is 0 Å². The molecule has 74 valence electrons. The van der Waals surface area contributed by atoms with E-state index in [1.54, 1.807) is 6.20 Å². The Hall–Kier alpha value is -2.30. The van der Waals surface area contributed by atoms with Gasteiger partial charge in [-0.15, -0.1) is 0 Å². The number of aromatic nitrogens is 4. The Morgan fingerprint density at radius 1 is 1.20 bits per heavy atom. The number of imidazole rings is 1. The zero-order valence-electron chi connectivity index (χ0n) is 7.86. The lowest BCUT2D eigenvalue weighted by molar-refractivity contribution is 1.10. The number of nitrogens with zero attached hydrogens (tertiary/aromatic N) is 2. The molecule has 0 fully saturated rings. The number of benzene rings is 1. The van der Waals surface area contributed by atoms with Crippen LogP contribution in [0, 0.1) is 0 Å². The van der Waals surface area contributed by atoms with E-state index in [1.807, 2.05) is 24.3 Å². The zero-order chi connectivity index (χ0) is 10.3. The summed E-state index contributed by atoms with van der Waals surface area (Å²) in [7, 11) is 0. The van der Waals surface area contributed by atoms with Gasteiger partial charge in [0.1, 0.15) is 0 Å². The first-order valence-electron chi connectivity index (χ1n) is 4.59. The molecule has 1 aromatic carbocycles. The summed E-state index contributed by atoms with van der Waals surface area (Å²) in [6.45, 7) is 0. The highest BCUT2D eigenvalue weighted by Gasteiger charge is 2.08. The molecule has 2 heterocycles. The Morgan fingerprint density at radius 2 is 2.13 bits per heavy atom. The summed E-state index contributed by atoms with van der Waals surface area (Å²) in [6, 6.07) is 7.74. The molecule has 0 aliphatic carbocycles. The van der Waals surface area contributed by atoms with E-state index in [4.69, 9.17) is 5.73 Å². The van der Waals surface area contributed by atoms with Crippen molar-refractivity contribution in [1.29, 1.82) is 0 Å². The molecule has 0 saturated heterocycles. The third kappa shape index (κ3) is 1.17. The average Bonchev–Trinajstić information content (AvgIpc) is 2.82. The molecule has 0 aliphatic rings. The lowest BCUT2D eigenvalue weighted by Crippen LogP contribution is -1.84. The van der Waals surface area contributed by atoms with Gasteiger partial charge >= 0.3 is 0 Å². The molecule has 0 saturated carbocycles. The standard InChI is InChI=1S/C10H9N5/c11-10-13-8-3-1-2-6(9(8)14-10)7-4-5-12-15-7/h1-5H,(H,12,15)(H3,11,13,14). The Balaban J connectivity index is 2.35. The SMILES string of the molecule is Nc1nc2cccc(-c3cc[nH]n3)c2[nH]1. The summed E-state index contributed by atoms with van der Waals surface area (Å²) < 4.78 is 0. The molecule has 0 unspecified atom stereocenters. The summed E-state index contributed by atoms with van der Waals surface area (Å²) in [5.41, 5.74) is 9.27. The van der Waals surface area contributed by atoms with Crippen molar-refractivity contribution in [3.8, 4) is 11.3 Å². The van der Waals surface area contributed by atoms with Crippen molar-refractivity contribution in [3.63, 3.8) is 0 Å². The number of nitrogen functional groups attached to an aromatic ring is 1. The molecule has 0 amide bonds. The molecule has 3 rings (SSSR count). The maximum atomic E-state index is 5.62. The Kier molecular flexibility index (Phi) is 1.53. The molecule has 5 nitrogen and oxygen atoms in total. The van der Waals surface area contributed by atoms with Gasteiger partial charge in [-0.1, -0.05) is 12.1 Å². The number of anilines is 1. The Morgan fingerprint density at radius 3 is 2.93 bits per heavy atom. The van der Waals surface area contributed by atoms with E-state index in [0.29, 0.717) is 5.95 Å². The van der Waals surface area contributed by atoms with Gasteiger partial charge in [-0.05, 0) is 12.1 Å². The number of para-hydroxylation sites is 1. The Bertz CT molecular complexity index is 593. The lowest BCUT2D eigenvalue weighted by atomic mass is 10.1. The topological polar surface area (TPSA) is 83.4 Å². The van der Waals surface area contributed by atoms with Crippen LogP contribution in [0.15, 0.2) is 30.5 Å². The first-order chi connectivity index (χ1) is 7.34. The molecular weight excluding hydrogens is 190 g/mol. The number of rotatable bonds is 1. The van der Waals surface area contributed by atoms with Crippen LogP contribution in [0.25, 0.3) is 22.3 Å². The van der Waals surface area contributed by atoms with Crippen molar-refractivity contribution < 1.29 is 0 Å². The minimum Gasteiger partial charge on any atom is -0.369 e. The first kappa shape index (κ1) is 8.05. The average molecular weight is 199 g/mol. The summed E-state index contributed by atoms with van der Waals surface area (Å²) in [5.74, 6) is 0.424. The van der Waals surface area contributed by atoms with Crippen molar-refractivity contribution in [3.05, 3.63) is 30.5 Å². The smallest absolute Gasteiger partial charge is 0.198 e. The van der Waals surface area contributed by atoms with Crippen LogP contribution in [0.2, 0.25) is 0 Å². The van der Waals surface area contributed by atoms with E-state index in [9.17, 15) is 0 Å². The predicted molar refractivity (Wildman–Crippen MR) is 58.1 cm³/mol. The normalized spacial score (nSPS) is 10.9.